The summed E-state index contributed by atoms with van der Waals surface area (Å²) in [6.45, 7) is 1.33. The van der Waals surface area contributed by atoms with Crippen molar-refractivity contribution in [3.63, 3.8) is 0 Å². The van der Waals surface area contributed by atoms with E-state index in [4.69, 9.17) is 17.3 Å². The number of carbonyl (C=O) groups is 1. The molecule has 0 bridgehead atoms. The minimum atomic E-state index is -0.0366. The Morgan fingerprint density at radius 1 is 1.56 bits per heavy atom. The summed E-state index contributed by atoms with van der Waals surface area (Å²) in [6.07, 6.45) is 0.861. The lowest BCUT2D eigenvalue weighted by molar-refractivity contribution is 0.0791. The molecular weight excluding hydrogens is 291 g/mol. The maximum Gasteiger partial charge on any atom is 0.255 e. The molecule has 0 saturated carbocycles. The normalized spacial score (nSPS) is 20.2. The molecule has 2 N–H and O–H groups in total. The third kappa shape index (κ3) is 2.39. The van der Waals surface area contributed by atoms with Gasteiger partial charge in [-0.05, 0) is 24.6 Å². The summed E-state index contributed by atoms with van der Waals surface area (Å²) in [5, 5.41) is 0.472. The van der Waals surface area contributed by atoms with E-state index in [0.717, 1.165) is 10.9 Å². The molecule has 2 rings (SSSR count). The maximum absolute atomic E-state index is 12.1. The van der Waals surface area contributed by atoms with Gasteiger partial charge in [-0.3, -0.25) is 4.79 Å². The molecule has 1 saturated heterocycles. The van der Waals surface area contributed by atoms with Crippen molar-refractivity contribution in [2.75, 3.05) is 13.1 Å². The van der Waals surface area contributed by atoms with Gasteiger partial charge in [0.2, 0.25) is 0 Å². The number of rotatable bonds is 1. The van der Waals surface area contributed by atoms with Crippen LogP contribution in [0, 0.1) is 0 Å². The quantitative estimate of drug-likeness (QED) is 0.865. The first-order valence-corrected chi connectivity index (χ1v) is 6.25. The summed E-state index contributed by atoms with van der Waals surface area (Å²) in [4.78, 5) is 13.8. The second kappa shape index (κ2) is 4.73. The van der Waals surface area contributed by atoms with E-state index in [2.05, 4.69) is 15.9 Å². The first-order chi connectivity index (χ1) is 7.58. The van der Waals surface area contributed by atoms with Crippen molar-refractivity contribution in [1.29, 1.82) is 0 Å². The minimum Gasteiger partial charge on any atom is -0.337 e. The Kier molecular flexibility index (Phi) is 3.52. The molecule has 3 nitrogen and oxygen atoms in total. The number of amides is 1. The molecule has 0 aliphatic carbocycles. The minimum absolute atomic E-state index is 0.0366. The van der Waals surface area contributed by atoms with Crippen LogP contribution in [0.1, 0.15) is 16.8 Å². The van der Waals surface area contributed by atoms with Gasteiger partial charge in [-0.25, -0.2) is 0 Å². The monoisotopic (exact) mass is 302 g/mol. The Morgan fingerprint density at radius 2 is 2.31 bits per heavy atom. The molecule has 1 fully saturated rings. The average molecular weight is 304 g/mol. The zero-order chi connectivity index (χ0) is 11.7. The topological polar surface area (TPSA) is 46.3 Å². The lowest BCUT2D eigenvalue weighted by atomic mass is 10.2. The average Bonchev–Trinajstić information content (AvgIpc) is 2.64. The van der Waals surface area contributed by atoms with Gasteiger partial charge >= 0.3 is 0 Å². The number of likely N-dealkylation sites (tertiary alicyclic amines) is 1. The van der Waals surface area contributed by atoms with Crippen LogP contribution in [0.4, 0.5) is 0 Å². The molecule has 1 aromatic carbocycles. The molecule has 16 heavy (non-hydrogen) atoms. The number of halogens is 2. The molecule has 0 aromatic heterocycles. The van der Waals surface area contributed by atoms with Gasteiger partial charge in [0.15, 0.2) is 0 Å². The van der Waals surface area contributed by atoms with Crippen LogP contribution in [-0.4, -0.2) is 29.9 Å². The van der Waals surface area contributed by atoms with Gasteiger partial charge in [0, 0.05) is 23.6 Å². The van der Waals surface area contributed by atoms with Crippen molar-refractivity contribution in [3.05, 3.63) is 33.3 Å². The number of benzene rings is 1. The summed E-state index contributed by atoms with van der Waals surface area (Å²) >= 11 is 9.34. The van der Waals surface area contributed by atoms with E-state index in [-0.39, 0.29) is 11.9 Å². The van der Waals surface area contributed by atoms with Gasteiger partial charge in [-0.2, -0.15) is 0 Å². The van der Waals surface area contributed by atoms with Gasteiger partial charge in [-0.1, -0.05) is 27.5 Å². The predicted molar refractivity (Wildman–Crippen MR) is 67.6 cm³/mol. The molecule has 1 atom stereocenters. The van der Waals surface area contributed by atoms with Crippen LogP contribution >= 0.6 is 27.5 Å². The van der Waals surface area contributed by atoms with Crippen molar-refractivity contribution in [2.24, 2.45) is 5.73 Å². The van der Waals surface area contributed by atoms with E-state index in [1.165, 1.54) is 0 Å². The SMILES string of the molecule is N[C@H]1CCN(C(=O)c2ccc(Br)cc2Cl)C1. The van der Waals surface area contributed by atoms with Crippen molar-refractivity contribution < 1.29 is 4.79 Å². The van der Waals surface area contributed by atoms with Crippen molar-refractivity contribution in [3.8, 4) is 0 Å². The molecule has 1 aliphatic heterocycles. The van der Waals surface area contributed by atoms with Gasteiger partial charge < -0.3 is 10.6 Å². The molecule has 5 heteroatoms. The van der Waals surface area contributed by atoms with Crippen LogP contribution in [0.5, 0.6) is 0 Å². The number of carbonyl (C=O) groups excluding carboxylic acids is 1. The lowest BCUT2D eigenvalue weighted by Gasteiger charge is -2.16. The Balaban J connectivity index is 2.21. The summed E-state index contributed by atoms with van der Waals surface area (Å²) in [7, 11) is 0. The highest BCUT2D eigenvalue weighted by atomic mass is 79.9. The largest absolute Gasteiger partial charge is 0.337 e. The summed E-state index contributed by atoms with van der Waals surface area (Å²) in [5.74, 6) is -0.0366. The summed E-state index contributed by atoms with van der Waals surface area (Å²) in [5.41, 5.74) is 6.31. The molecule has 0 radical (unpaired) electrons. The van der Waals surface area contributed by atoms with Crippen molar-refractivity contribution in [1.82, 2.24) is 4.90 Å². The van der Waals surface area contributed by atoms with Gasteiger partial charge in [-0.15, -0.1) is 0 Å². The first-order valence-electron chi connectivity index (χ1n) is 5.08. The third-order valence-corrected chi connectivity index (χ3v) is 3.48. The number of hydrogen-bond acceptors (Lipinski definition) is 2. The molecule has 0 spiro atoms. The fraction of sp³-hybridized carbons (Fsp3) is 0.364. The van der Waals surface area contributed by atoms with E-state index in [1.54, 1.807) is 17.0 Å². The van der Waals surface area contributed by atoms with E-state index in [9.17, 15) is 4.79 Å². The highest BCUT2D eigenvalue weighted by Crippen LogP contribution is 2.23. The van der Waals surface area contributed by atoms with Gasteiger partial charge in [0.25, 0.3) is 5.91 Å². The van der Waals surface area contributed by atoms with Crippen LogP contribution in [-0.2, 0) is 0 Å². The number of hydrogen-bond donors (Lipinski definition) is 1. The highest BCUT2D eigenvalue weighted by Gasteiger charge is 2.25. The Bertz CT molecular complexity index is 424. The van der Waals surface area contributed by atoms with Crippen LogP contribution in [0.2, 0.25) is 5.02 Å². The zero-order valence-corrected chi connectivity index (χ0v) is 11.0. The van der Waals surface area contributed by atoms with Crippen LogP contribution in [0.3, 0.4) is 0 Å². The molecule has 1 heterocycles. The van der Waals surface area contributed by atoms with Crippen LogP contribution in [0.25, 0.3) is 0 Å². The summed E-state index contributed by atoms with van der Waals surface area (Å²) in [6, 6.07) is 5.37. The second-order valence-electron chi connectivity index (χ2n) is 3.92. The second-order valence-corrected chi connectivity index (χ2v) is 5.25. The molecule has 1 aromatic rings. The zero-order valence-electron chi connectivity index (χ0n) is 8.62. The lowest BCUT2D eigenvalue weighted by Crippen LogP contribution is -2.32. The first kappa shape index (κ1) is 11.9. The predicted octanol–water partition coefficient (Wildman–Crippen LogP) is 2.28. The third-order valence-electron chi connectivity index (χ3n) is 2.67. The van der Waals surface area contributed by atoms with Crippen molar-refractivity contribution >= 4 is 33.4 Å². The Labute approximate surface area is 108 Å². The molecule has 0 unspecified atom stereocenters. The van der Waals surface area contributed by atoms with Crippen LogP contribution < -0.4 is 5.73 Å². The highest BCUT2D eigenvalue weighted by molar-refractivity contribution is 9.10. The molecule has 86 valence electrons. The van der Waals surface area contributed by atoms with E-state index in [1.807, 2.05) is 6.07 Å². The molecule has 1 amide bonds. The fourth-order valence-electron chi connectivity index (χ4n) is 1.81. The van der Waals surface area contributed by atoms with E-state index in [0.29, 0.717) is 23.7 Å². The Morgan fingerprint density at radius 3 is 2.88 bits per heavy atom. The molecular formula is C11H12BrClN2O. The number of nitrogens with zero attached hydrogens (tertiary/aromatic N) is 1. The van der Waals surface area contributed by atoms with Gasteiger partial charge in [0.1, 0.15) is 0 Å². The Hall–Kier alpha value is -0.580. The van der Waals surface area contributed by atoms with Gasteiger partial charge in [0.05, 0.1) is 10.6 Å². The van der Waals surface area contributed by atoms with Crippen molar-refractivity contribution in [2.45, 2.75) is 12.5 Å². The van der Waals surface area contributed by atoms with E-state index >= 15 is 0 Å². The fourth-order valence-corrected chi connectivity index (χ4v) is 2.56. The maximum atomic E-state index is 12.1. The molecule has 1 aliphatic rings. The van der Waals surface area contributed by atoms with E-state index < -0.39 is 0 Å². The standard InChI is InChI=1S/C11H12BrClN2O/c12-7-1-2-9(10(13)5-7)11(16)15-4-3-8(14)6-15/h1-2,5,8H,3-4,6,14H2/t8-/m0/s1. The smallest absolute Gasteiger partial charge is 0.255 e. The summed E-state index contributed by atoms with van der Waals surface area (Å²) < 4.78 is 0.868. The van der Waals surface area contributed by atoms with Crippen LogP contribution in [0.15, 0.2) is 22.7 Å². The number of nitrogens with two attached hydrogens (primary N) is 1.